The highest BCUT2D eigenvalue weighted by atomic mass is 16.2. The lowest BCUT2D eigenvalue weighted by molar-refractivity contribution is -0.134. The minimum atomic E-state index is -0.467. The van der Waals surface area contributed by atoms with Crippen molar-refractivity contribution in [3.63, 3.8) is 0 Å². The fraction of sp³-hybridized carbons (Fsp3) is 0.833. The molecule has 0 bridgehead atoms. The van der Waals surface area contributed by atoms with Crippen LogP contribution >= 0.6 is 0 Å². The lowest BCUT2D eigenvalue weighted by atomic mass is 10.2. The predicted molar refractivity (Wildman–Crippen MR) is 70.2 cm³/mol. The van der Waals surface area contributed by atoms with Gasteiger partial charge in [0.2, 0.25) is 11.8 Å². The lowest BCUT2D eigenvalue weighted by Gasteiger charge is -2.33. The van der Waals surface area contributed by atoms with Gasteiger partial charge in [0.05, 0.1) is 6.54 Å². The SMILES string of the molecule is CC(NC(=O)CN1CCNC[C@@H]1C)C(=O)N(C)C. The quantitative estimate of drug-likeness (QED) is 0.668. The summed E-state index contributed by atoms with van der Waals surface area (Å²) in [6.45, 7) is 6.83. The third kappa shape index (κ3) is 4.27. The fourth-order valence-electron chi connectivity index (χ4n) is 2.04. The van der Waals surface area contributed by atoms with E-state index in [0.29, 0.717) is 12.6 Å². The summed E-state index contributed by atoms with van der Waals surface area (Å²) in [5, 5.41) is 6.01. The van der Waals surface area contributed by atoms with E-state index in [2.05, 4.69) is 22.5 Å². The summed E-state index contributed by atoms with van der Waals surface area (Å²) in [5.74, 6) is -0.178. The first-order chi connectivity index (χ1) is 8.41. The number of piperazine rings is 1. The second kappa shape index (κ2) is 6.70. The number of likely N-dealkylation sites (N-methyl/N-ethyl adjacent to an activating group) is 1. The Morgan fingerprint density at radius 3 is 2.72 bits per heavy atom. The molecule has 1 saturated heterocycles. The van der Waals surface area contributed by atoms with Gasteiger partial charge in [0.1, 0.15) is 6.04 Å². The molecule has 2 N–H and O–H groups in total. The molecule has 0 aromatic heterocycles. The molecule has 0 aliphatic carbocycles. The van der Waals surface area contributed by atoms with E-state index in [1.807, 2.05) is 0 Å². The lowest BCUT2D eigenvalue weighted by Crippen LogP contribution is -2.54. The number of carbonyl (C=O) groups is 2. The Kier molecular flexibility index (Phi) is 5.55. The van der Waals surface area contributed by atoms with Gasteiger partial charge < -0.3 is 15.5 Å². The average molecular weight is 256 g/mol. The number of nitrogens with zero attached hydrogens (tertiary/aromatic N) is 2. The Bertz CT molecular complexity index is 306. The van der Waals surface area contributed by atoms with Crippen LogP contribution in [0.3, 0.4) is 0 Å². The van der Waals surface area contributed by atoms with Crippen molar-refractivity contribution < 1.29 is 9.59 Å². The molecule has 1 rings (SSSR count). The average Bonchev–Trinajstić information content (AvgIpc) is 2.30. The van der Waals surface area contributed by atoms with Crippen LogP contribution in [0.15, 0.2) is 0 Å². The molecule has 18 heavy (non-hydrogen) atoms. The molecule has 0 aromatic rings. The Hall–Kier alpha value is -1.14. The van der Waals surface area contributed by atoms with Gasteiger partial charge in [-0.05, 0) is 13.8 Å². The van der Waals surface area contributed by atoms with Crippen LogP contribution in [0.25, 0.3) is 0 Å². The largest absolute Gasteiger partial charge is 0.347 e. The highest BCUT2D eigenvalue weighted by Crippen LogP contribution is 2.01. The van der Waals surface area contributed by atoms with Crippen LogP contribution in [0.4, 0.5) is 0 Å². The van der Waals surface area contributed by atoms with E-state index in [1.54, 1.807) is 21.0 Å². The molecule has 0 spiro atoms. The van der Waals surface area contributed by atoms with Crippen LogP contribution in [0.2, 0.25) is 0 Å². The summed E-state index contributed by atoms with van der Waals surface area (Å²) in [4.78, 5) is 27.1. The number of hydrogen-bond donors (Lipinski definition) is 2. The number of hydrogen-bond acceptors (Lipinski definition) is 4. The van der Waals surface area contributed by atoms with E-state index in [9.17, 15) is 9.59 Å². The van der Waals surface area contributed by atoms with Crippen LogP contribution in [-0.2, 0) is 9.59 Å². The first kappa shape index (κ1) is 14.9. The minimum Gasteiger partial charge on any atom is -0.347 e. The normalized spacial score (nSPS) is 22.3. The second-order valence-electron chi connectivity index (χ2n) is 5.05. The van der Waals surface area contributed by atoms with Gasteiger partial charge in [-0.3, -0.25) is 14.5 Å². The van der Waals surface area contributed by atoms with E-state index < -0.39 is 6.04 Å². The van der Waals surface area contributed by atoms with Crippen LogP contribution < -0.4 is 10.6 Å². The molecule has 1 aliphatic rings. The van der Waals surface area contributed by atoms with E-state index in [1.165, 1.54) is 4.90 Å². The van der Waals surface area contributed by atoms with Crippen molar-refractivity contribution in [2.75, 3.05) is 40.3 Å². The minimum absolute atomic E-state index is 0.0864. The van der Waals surface area contributed by atoms with Crippen molar-refractivity contribution in [2.24, 2.45) is 0 Å². The van der Waals surface area contributed by atoms with Crippen molar-refractivity contribution in [3.05, 3.63) is 0 Å². The fourth-order valence-corrected chi connectivity index (χ4v) is 2.04. The molecule has 0 aromatic carbocycles. The summed E-state index contributed by atoms with van der Waals surface area (Å²) in [6.07, 6.45) is 0. The summed E-state index contributed by atoms with van der Waals surface area (Å²) < 4.78 is 0. The maximum atomic E-state index is 11.9. The molecule has 0 saturated carbocycles. The van der Waals surface area contributed by atoms with Gasteiger partial charge in [0.15, 0.2) is 0 Å². The summed E-state index contributed by atoms with van der Waals surface area (Å²) in [6, 6.07) is -0.116. The zero-order valence-corrected chi connectivity index (χ0v) is 11.7. The van der Waals surface area contributed by atoms with E-state index in [4.69, 9.17) is 0 Å². The predicted octanol–water partition coefficient (Wildman–Crippen LogP) is -1.13. The smallest absolute Gasteiger partial charge is 0.244 e. The summed E-state index contributed by atoms with van der Waals surface area (Å²) in [5.41, 5.74) is 0. The van der Waals surface area contributed by atoms with Gasteiger partial charge in [-0.2, -0.15) is 0 Å². The molecule has 2 atom stereocenters. The van der Waals surface area contributed by atoms with E-state index >= 15 is 0 Å². The first-order valence-corrected chi connectivity index (χ1v) is 6.37. The molecule has 6 heteroatoms. The molecule has 1 aliphatic heterocycles. The van der Waals surface area contributed by atoms with Gasteiger partial charge in [-0.1, -0.05) is 0 Å². The van der Waals surface area contributed by atoms with Crippen LogP contribution in [0.5, 0.6) is 0 Å². The maximum absolute atomic E-state index is 11.9. The van der Waals surface area contributed by atoms with Gasteiger partial charge in [-0.25, -0.2) is 0 Å². The zero-order valence-electron chi connectivity index (χ0n) is 11.7. The third-order valence-corrected chi connectivity index (χ3v) is 3.17. The van der Waals surface area contributed by atoms with E-state index in [-0.39, 0.29) is 11.8 Å². The number of amides is 2. The molecular formula is C12H24N4O2. The van der Waals surface area contributed by atoms with Crippen LogP contribution in [-0.4, -0.2) is 74.0 Å². The first-order valence-electron chi connectivity index (χ1n) is 6.37. The Morgan fingerprint density at radius 2 is 2.17 bits per heavy atom. The molecule has 104 valence electrons. The van der Waals surface area contributed by atoms with Gasteiger partial charge >= 0.3 is 0 Å². The van der Waals surface area contributed by atoms with Crippen molar-refractivity contribution in [2.45, 2.75) is 25.9 Å². The summed E-state index contributed by atoms with van der Waals surface area (Å²) >= 11 is 0. The molecule has 2 amide bonds. The standard InChI is InChI=1S/C12H24N4O2/c1-9-7-13-5-6-16(9)8-11(17)14-10(2)12(18)15(3)4/h9-10,13H,5-8H2,1-4H3,(H,14,17)/t9-,10?/m0/s1. The Morgan fingerprint density at radius 1 is 1.50 bits per heavy atom. The molecule has 1 heterocycles. The maximum Gasteiger partial charge on any atom is 0.244 e. The summed E-state index contributed by atoms with van der Waals surface area (Å²) in [7, 11) is 3.37. The van der Waals surface area contributed by atoms with Gasteiger partial charge in [-0.15, -0.1) is 0 Å². The molecule has 1 unspecified atom stereocenters. The van der Waals surface area contributed by atoms with Crippen molar-refractivity contribution in [3.8, 4) is 0 Å². The van der Waals surface area contributed by atoms with Crippen molar-refractivity contribution in [1.29, 1.82) is 0 Å². The Labute approximate surface area is 109 Å². The number of rotatable bonds is 4. The third-order valence-electron chi connectivity index (χ3n) is 3.17. The van der Waals surface area contributed by atoms with Gasteiger partial charge in [0, 0.05) is 39.8 Å². The van der Waals surface area contributed by atoms with Crippen molar-refractivity contribution in [1.82, 2.24) is 20.4 Å². The highest BCUT2D eigenvalue weighted by molar-refractivity contribution is 5.87. The van der Waals surface area contributed by atoms with Gasteiger partial charge in [0.25, 0.3) is 0 Å². The van der Waals surface area contributed by atoms with E-state index in [0.717, 1.165) is 19.6 Å². The van der Waals surface area contributed by atoms with Crippen molar-refractivity contribution >= 4 is 11.8 Å². The molecule has 1 fully saturated rings. The number of carbonyl (C=O) groups excluding carboxylic acids is 2. The molecular weight excluding hydrogens is 232 g/mol. The van der Waals surface area contributed by atoms with Crippen LogP contribution in [0.1, 0.15) is 13.8 Å². The Balaban J connectivity index is 2.39. The molecule has 0 radical (unpaired) electrons. The molecule has 6 nitrogen and oxygen atoms in total. The van der Waals surface area contributed by atoms with Crippen LogP contribution in [0, 0.1) is 0 Å². The second-order valence-corrected chi connectivity index (χ2v) is 5.05. The topological polar surface area (TPSA) is 64.7 Å². The number of nitrogens with one attached hydrogen (secondary N) is 2. The monoisotopic (exact) mass is 256 g/mol. The highest BCUT2D eigenvalue weighted by Gasteiger charge is 2.22. The zero-order chi connectivity index (χ0) is 13.7.